The fourth-order valence-electron chi connectivity index (χ4n) is 2.33. The van der Waals surface area contributed by atoms with E-state index in [1.165, 1.54) is 0 Å². The lowest BCUT2D eigenvalue weighted by molar-refractivity contribution is -0.168. The molecule has 2 unspecified atom stereocenters. The summed E-state index contributed by atoms with van der Waals surface area (Å²) in [5, 5.41) is 0. The molecule has 0 amide bonds. The first-order valence-corrected chi connectivity index (χ1v) is 8.56. The summed E-state index contributed by atoms with van der Waals surface area (Å²) in [6.45, 7) is 8.64. The van der Waals surface area contributed by atoms with Crippen molar-refractivity contribution in [2.24, 2.45) is 0 Å². The Bertz CT molecular complexity index is 588. The van der Waals surface area contributed by atoms with Gasteiger partial charge in [-0.3, -0.25) is 0 Å². The topological polar surface area (TPSA) is 46.2 Å². The highest BCUT2D eigenvalue weighted by atomic mass is 16.8. The molecule has 136 valence electrons. The number of ether oxygens (including phenoxy) is 5. The average Bonchev–Trinajstić information content (AvgIpc) is 2.58. The molecule has 25 heavy (non-hydrogen) atoms. The zero-order valence-corrected chi connectivity index (χ0v) is 15.2. The van der Waals surface area contributed by atoms with Crippen molar-refractivity contribution >= 4 is 0 Å². The van der Waals surface area contributed by atoms with Gasteiger partial charge in [0, 0.05) is 0 Å². The third kappa shape index (κ3) is 5.87. The van der Waals surface area contributed by atoms with Gasteiger partial charge >= 0.3 is 0 Å². The van der Waals surface area contributed by atoms with Crippen LogP contribution in [0.3, 0.4) is 0 Å². The summed E-state index contributed by atoms with van der Waals surface area (Å²) >= 11 is 0. The van der Waals surface area contributed by atoms with Gasteiger partial charge in [0.15, 0.2) is 23.0 Å². The predicted molar refractivity (Wildman–Crippen MR) is 96.5 cm³/mol. The van der Waals surface area contributed by atoms with Gasteiger partial charge in [0.05, 0.1) is 13.2 Å². The second kappa shape index (κ2) is 9.79. The quantitative estimate of drug-likeness (QED) is 0.586. The number of para-hydroxylation sites is 4. The zero-order chi connectivity index (χ0) is 18.1. The van der Waals surface area contributed by atoms with Crippen LogP contribution in [0.2, 0.25) is 0 Å². The molecule has 0 bridgehead atoms. The number of rotatable bonds is 10. The average molecular weight is 346 g/mol. The van der Waals surface area contributed by atoms with Gasteiger partial charge < -0.3 is 23.7 Å². The molecular formula is C20H26O5. The van der Waals surface area contributed by atoms with Gasteiger partial charge in [0.2, 0.25) is 12.6 Å². The molecule has 2 atom stereocenters. The van der Waals surface area contributed by atoms with Crippen molar-refractivity contribution in [3.8, 4) is 23.0 Å². The minimum absolute atomic E-state index is 0.504. The summed E-state index contributed by atoms with van der Waals surface area (Å²) < 4.78 is 28.5. The van der Waals surface area contributed by atoms with Crippen molar-refractivity contribution in [3.05, 3.63) is 48.5 Å². The standard InChI is InChI=1S/C20H26O5/c1-5-21-17-11-7-9-13-19(17)24-15(3)23-16(4)25-20-14-10-8-12-18(20)22-6-2/h7-16H,5-6H2,1-4H3. The maximum absolute atomic E-state index is 5.83. The molecule has 0 radical (unpaired) electrons. The van der Waals surface area contributed by atoms with Gasteiger partial charge in [-0.15, -0.1) is 0 Å². The largest absolute Gasteiger partial charge is 0.490 e. The van der Waals surface area contributed by atoms with Gasteiger partial charge in [-0.05, 0) is 52.0 Å². The first-order valence-electron chi connectivity index (χ1n) is 8.56. The molecule has 5 heteroatoms. The normalized spacial score (nSPS) is 13.0. The molecule has 0 aromatic heterocycles. The Balaban J connectivity index is 1.93. The summed E-state index contributed by atoms with van der Waals surface area (Å²) in [7, 11) is 0. The van der Waals surface area contributed by atoms with Crippen LogP contribution in [0.1, 0.15) is 27.7 Å². The van der Waals surface area contributed by atoms with E-state index >= 15 is 0 Å². The smallest absolute Gasteiger partial charge is 0.201 e. The first-order chi connectivity index (χ1) is 12.1. The maximum Gasteiger partial charge on any atom is 0.201 e. The van der Waals surface area contributed by atoms with Gasteiger partial charge in [0.1, 0.15) is 0 Å². The second-order valence-electron chi connectivity index (χ2n) is 5.27. The van der Waals surface area contributed by atoms with Crippen molar-refractivity contribution in [2.45, 2.75) is 40.3 Å². The predicted octanol–water partition coefficient (Wildman–Crippen LogP) is 4.65. The lowest BCUT2D eigenvalue weighted by atomic mass is 10.3. The van der Waals surface area contributed by atoms with Crippen LogP contribution in [0.25, 0.3) is 0 Å². The van der Waals surface area contributed by atoms with Gasteiger partial charge in [0.25, 0.3) is 0 Å². The Morgan fingerprint density at radius 1 is 0.640 bits per heavy atom. The van der Waals surface area contributed by atoms with E-state index in [-0.39, 0.29) is 0 Å². The summed E-state index contributed by atoms with van der Waals surface area (Å²) in [4.78, 5) is 0. The van der Waals surface area contributed by atoms with Crippen LogP contribution in [-0.2, 0) is 4.74 Å². The number of benzene rings is 2. The summed E-state index contributed by atoms with van der Waals surface area (Å²) in [5.74, 6) is 2.66. The van der Waals surface area contributed by atoms with E-state index in [2.05, 4.69) is 0 Å². The molecule has 0 heterocycles. The molecule has 0 saturated heterocycles. The Labute approximate surface area is 149 Å². The van der Waals surface area contributed by atoms with Crippen molar-refractivity contribution in [3.63, 3.8) is 0 Å². The molecule has 5 nitrogen and oxygen atoms in total. The fourth-order valence-corrected chi connectivity index (χ4v) is 2.33. The molecule has 0 aliphatic heterocycles. The molecule has 2 aromatic rings. The second-order valence-corrected chi connectivity index (χ2v) is 5.27. The van der Waals surface area contributed by atoms with E-state index in [1.54, 1.807) is 0 Å². The van der Waals surface area contributed by atoms with Crippen LogP contribution in [0.5, 0.6) is 23.0 Å². The highest BCUT2D eigenvalue weighted by Crippen LogP contribution is 2.29. The van der Waals surface area contributed by atoms with Crippen molar-refractivity contribution in [1.82, 2.24) is 0 Å². The summed E-state index contributed by atoms with van der Waals surface area (Å²) in [6, 6.07) is 15.0. The lowest BCUT2D eigenvalue weighted by Crippen LogP contribution is -2.26. The maximum atomic E-state index is 5.83. The minimum Gasteiger partial charge on any atom is -0.490 e. The Morgan fingerprint density at radius 2 is 1.00 bits per heavy atom. The van der Waals surface area contributed by atoms with Gasteiger partial charge in [-0.1, -0.05) is 24.3 Å². The molecule has 0 fully saturated rings. The summed E-state index contributed by atoms with van der Waals surface area (Å²) in [5.41, 5.74) is 0. The summed E-state index contributed by atoms with van der Waals surface area (Å²) in [6.07, 6.45) is -1.01. The van der Waals surface area contributed by atoms with E-state index in [0.717, 1.165) is 0 Å². The molecule has 0 saturated carbocycles. The number of hydrogen-bond acceptors (Lipinski definition) is 5. The third-order valence-corrected chi connectivity index (χ3v) is 3.27. The monoisotopic (exact) mass is 346 g/mol. The van der Waals surface area contributed by atoms with E-state index < -0.39 is 12.6 Å². The van der Waals surface area contributed by atoms with Crippen molar-refractivity contribution < 1.29 is 23.7 Å². The molecule has 2 aromatic carbocycles. The van der Waals surface area contributed by atoms with Crippen LogP contribution in [0.4, 0.5) is 0 Å². The third-order valence-electron chi connectivity index (χ3n) is 3.27. The minimum atomic E-state index is -0.504. The highest BCUT2D eigenvalue weighted by molar-refractivity contribution is 5.40. The van der Waals surface area contributed by atoms with Gasteiger partial charge in [-0.25, -0.2) is 0 Å². The lowest BCUT2D eigenvalue weighted by Gasteiger charge is -2.23. The fraction of sp³-hybridized carbons (Fsp3) is 0.400. The Kier molecular flexibility index (Phi) is 7.41. The molecular weight excluding hydrogens is 320 g/mol. The van der Waals surface area contributed by atoms with Crippen LogP contribution < -0.4 is 18.9 Å². The first kappa shape index (κ1) is 18.9. The Morgan fingerprint density at radius 3 is 1.36 bits per heavy atom. The molecule has 0 N–H and O–H groups in total. The van der Waals surface area contributed by atoms with Crippen molar-refractivity contribution in [1.29, 1.82) is 0 Å². The molecule has 0 aliphatic rings. The molecule has 0 aliphatic carbocycles. The van der Waals surface area contributed by atoms with E-state index in [0.29, 0.717) is 36.2 Å². The van der Waals surface area contributed by atoms with Gasteiger partial charge in [-0.2, -0.15) is 0 Å². The van der Waals surface area contributed by atoms with E-state index in [1.807, 2.05) is 76.2 Å². The highest BCUT2D eigenvalue weighted by Gasteiger charge is 2.15. The van der Waals surface area contributed by atoms with Crippen LogP contribution >= 0.6 is 0 Å². The van der Waals surface area contributed by atoms with Crippen LogP contribution in [0, 0.1) is 0 Å². The van der Waals surface area contributed by atoms with Crippen molar-refractivity contribution in [2.75, 3.05) is 13.2 Å². The van der Waals surface area contributed by atoms with E-state index in [4.69, 9.17) is 23.7 Å². The molecule has 0 spiro atoms. The molecule has 2 rings (SSSR count). The zero-order valence-electron chi connectivity index (χ0n) is 15.2. The SMILES string of the molecule is CCOc1ccccc1OC(C)OC(C)Oc1ccccc1OCC. The Hall–Kier alpha value is -2.40. The van der Waals surface area contributed by atoms with Crippen LogP contribution in [0.15, 0.2) is 48.5 Å². The number of hydrogen-bond donors (Lipinski definition) is 0. The van der Waals surface area contributed by atoms with Crippen LogP contribution in [-0.4, -0.2) is 25.8 Å². The van der Waals surface area contributed by atoms with E-state index in [9.17, 15) is 0 Å².